The molecule has 1 atom stereocenters. The summed E-state index contributed by atoms with van der Waals surface area (Å²) >= 11 is 0. The average molecular weight is 225 g/mol. The van der Waals surface area contributed by atoms with Crippen molar-refractivity contribution in [1.82, 2.24) is 5.32 Å². The second kappa shape index (κ2) is 5.34. The van der Waals surface area contributed by atoms with Gasteiger partial charge in [0.15, 0.2) is 0 Å². The van der Waals surface area contributed by atoms with Gasteiger partial charge >= 0.3 is 5.97 Å². The Balaban J connectivity index is 2.33. The van der Waals surface area contributed by atoms with E-state index in [2.05, 4.69) is 5.32 Å². The third-order valence-corrected chi connectivity index (χ3v) is 2.14. The van der Waals surface area contributed by atoms with Crippen LogP contribution >= 0.6 is 0 Å². The molecule has 1 rings (SSSR count). The number of furan rings is 1. The van der Waals surface area contributed by atoms with Gasteiger partial charge in [-0.25, -0.2) is 0 Å². The molecular weight excluding hydrogens is 210 g/mol. The Bertz CT molecular complexity index is 383. The molecule has 0 unspecified atom stereocenters. The zero-order chi connectivity index (χ0) is 12.1. The molecule has 0 spiro atoms. The molecule has 5 heteroatoms. The van der Waals surface area contributed by atoms with Crippen LogP contribution in [0.4, 0.5) is 0 Å². The summed E-state index contributed by atoms with van der Waals surface area (Å²) in [6.45, 7) is 3.26. The van der Waals surface area contributed by atoms with E-state index < -0.39 is 12.0 Å². The van der Waals surface area contributed by atoms with Crippen molar-refractivity contribution in [1.29, 1.82) is 0 Å². The van der Waals surface area contributed by atoms with Crippen LogP contribution < -0.4 is 5.32 Å². The molecule has 0 aromatic carbocycles. The number of amides is 1. The van der Waals surface area contributed by atoms with E-state index in [1.807, 2.05) is 19.1 Å². The minimum Gasteiger partial charge on any atom is -0.480 e. The predicted octanol–water partition coefficient (Wildman–Crippen LogP) is 1.11. The molecule has 2 N–H and O–H groups in total. The smallest absolute Gasteiger partial charge is 0.325 e. The van der Waals surface area contributed by atoms with Crippen molar-refractivity contribution in [2.24, 2.45) is 0 Å². The molecule has 0 radical (unpaired) electrons. The quantitative estimate of drug-likeness (QED) is 0.786. The van der Waals surface area contributed by atoms with E-state index in [4.69, 9.17) is 9.52 Å². The monoisotopic (exact) mass is 225 g/mol. The molecule has 0 aliphatic carbocycles. The first-order valence-electron chi connectivity index (χ1n) is 5.06. The Morgan fingerprint density at radius 2 is 2.19 bits per heavy atom. The highest BCUT2D eigenvalue weighted by Gasteiger charge is 2.13. The zero-order valence-corrected chi connectivity index (χ0v) is 9.32. The fourth-order valence-electron chi connectivity index (χ4n) is 1.23. The number of aliphatic carboxylic acids is 1. The molecule has 88 valence electrons. The highest BCUT2D eigenvalue weighted by Crippen LogP contribution is 2.08. The van der Waals surface area contributed by atoms with Gasteiger partial charge in [0.1, 0.15) is 17.6 Å². The molecule has 0 saturated carbocycles. The molecule has 0 aliphatic rings. The van der Waals surface area contributed by atoms with Gasteiger partial charge in [-0.05, 0) is 26.0 Å². The molecule has 1 aromatic heterocycles. The van der Waals surface area contributed by atoms with Crippen LogP contribution in [0.1, 0.15) is 24.9 Å². The number of hydrogen-bond donors (Lipinski definition) is 2. The number of nitrogens with one attached hydrogen (secondary N) is 1. The summed E-state index contributed by atoms with van der Waals surface area (Å²) in [6.07, 6.45) is 0.705. The van der Waals surface area contributed by atoms with Crippen molar-refractivity contribution in [3.8, 4) is 0 Å². The van der Waals surface area contributed by atoms with Crippen LogP contribution in [0, 0.1) is 6.92 Å². The van der Waals surface area contributed by atoms with Crippen molar-refractivity contribution in [2.75, 3.05) is 0 Å². The van der Waals surface area contributed by atoms with Gasteiger partial charge in [-0.3, -0.25) is 9.59 Å². The average Bonchev–Trinajstić information content (AvgIpc) is 2.61. The highest BCUT2D eigenvalue weighted by atomic mass is 16.4. The molecule has 1 amide bonds. The van der Waals surface area contributed by atoms with Crippen molar-refractivity contribution in [3.05, 3.63) is 23.7 Å². The summed E-state index contributed by atoms with van der Waals surface area (Å²) < 4.78 is 5.29. The number of carboxylic acid groups (broad SMARTS) is 1. The largest absolute Gasteiger partial charge is 0.480 e. The van der Waals surface area contributed by atoms with E-state index in [9.17, 15) is 9.59 Å². The van der Waals surface area contributed by atoms with E-state index in [0.717, 1.165) is 11.5 Å². The van der Waals surface area contributed by atoms with Crippen molar-refractivity contribution in [3.63, 3.8) is 0 Å². The van der Waals surface area contributed by atoms with Crippen LogP contribution in [0.3, 0.4) is 0 Å². The van der Waals surface area contributed by atoms with Crippen LogP contribution in [0.5, 0.6) is 0 Å². The van der Waals surface area contributed by atoms with Crippen molar-refractivity contribution < 1.29 is 19.1 Å². The lowest BCUT2D eigenvalue weighted by molar-refractivity contribution is -0.141. The van der Waals surface area contributed by atoms with Crippen LogP contribution in [0.25, 0.3) is 0 Å². The summed E-state index contributed by atoms with van der Waals surface area (Å²) in [5, 5.41) is 11.0. The van der Waals surface area contributed by atoms with Crippen molar-refractivity contribution in [2.45, 2.75) is 32.7 Å². The van der Waals surface area contributed by atoms with E-state index >= 15 is 0 Å². The van der Waals surface area contributed by atoms with E-state index in [1.165, 1.54) is 6.92 Å². The fourth-order valence-corrected chi connectivity index (χ4v) is 1.23. The fraction of sp³-hybridized carbons (Fsp3) is 0.455. The number of hydrogen-bond acceptors (Lipinski definition) is 3. The number of rotatable bonds is 5. The normalized spacial score (nSPS) is 12.1. The SMILES string of the molecule is Cc1ccc(CCC(=O)N[C@H](C)C(=O)O)o1. The van der Waals surface area contributed by atoms with Gasteiger partial charge in [0.05, 0.1) is 0 Å². The highest BCUT2D eigenvalue weighted by molar-refractivity contribution is 5.83. The Labute approximate surface area is 93.4 Å². The summed E-state index contributed by atoms with van der Waals surface area (Å²) in [7, 11) is 0. The van der Waals surface area contributed by atoms with Gasteiger partial charge in [-0.15, -0.1) is 0 Å². The first kappa shape index (κ1) is 12.3. The molecule has 1 heterocycles. The number of carbonyl (C=O) groups excluding carboxylic acids is 1. The van der Waals surface area contributed by atoms with Crippen LogP contribution in [0.15, 0.2) is 16.5 Å². The zero-order valence-electron chi connectivity index (χ0n) is 9.32. The Morgan fingerprint density at radius 3 is 2.69 bits per heavy atom. The van der Waals surface area contributed by atoms with E-state index in [1.54, 1.807) is 0 Å². The second-order valence-electron chi connectivity index (χ2n) is 3.64. The molecule has 0 saturated heterocycles. The number of aryl methyl sites for hydroxylation is 2. The van der Waals surface area contributed by atoms with Crippen LogP contribution in [-0.2, 0) is 16.0 Å². The molecule has 5 nitrogen and oxygen atoms in total. The standard InChI is InChI=1S/C11H15NO4/c1-7-3-4-9(16-7)5-6-10(13)12-8(2)11(14)15/h3-4,8H,5-6H2,1-2H3,(H,12,13)(H,14,15)/t8-/m1/s1. The summed E-state index contributed by atoms with van der Waals surface area (Å²) in [6, 6.07) is 2.78. The Hall–Kier alpha value is -1.78. The summed E-state index contributed by atoms with van der Waals surface area (Å²) in [5.74, 6) is 0.205. The van der Waals surface area contributed by atoms with E-state index in [-0.39, 0.29) is 12.3 Å². The lowest BCUT2D eigenvalue weighted by atomic mass is 10.2. The van der Waals surface area contributed by atoms with Gasteiger partial charge in [-0.2, -0.15) is 0 Å². The van der Waals surface area contributed by atoms with Crippen LogP contribution in [-0.4, -0.2) is 23.0 Å². The minimum atomic E-state index is -1.04. The van der Waals surface area contributed by atoms with Crippen molar-refractivity contribution >= 4 is 11.9 Å². The van der Waals surface area contributed by atoms with Gasteiger partial charge in [0, 0.05) is 12.8 Å². The second-order valence-corrected chi connectivity index (χ2v) is 3.64. The first-order valence-corrected chi connectivity index (χ1v) is 5.06. The molecule has 0 aliphatic heterocycles. The molecular formula is C11H15NO4. The summed E-state index contributed by atoms with van der Waals surface area (Å²) in [4.78, 5) is 21.8. The van der Waals surface area contributed by atoms with Gasteiger partial charge in [-0.1, -0.05) is 0 Å². The maximum Gasteiger partial charge on any atom is 0.325 e. The molecule has 0 fully saturated rings. The first-order chi connectivity index (χ1) is 7.49. The molecule has 1 aromatic rings. The number of carbonyl (C=O) groups is 2. The summed E-state index contributed by atoms with van der Waals surface area (Å²) in [5.41, 5.74) is 0. The topological polar surface area (TPSA) is 79.5 Å². The third kappa shape index (κ3) is 3.76. The molecule has 0 bridgehead atoms. The minimum absolute atomic E-state index is 0.227. The third-order valence-electron chi connectivity index (χ3n) is 2.14. The van der Waals surface area contributed by atoms with Gasteiger partial charge in [0.2, 0.25) is 5.91 Å². The Kier molecular flexibility index (Phi) is 4.10. The molecule has 16 heavy (non-hydrogen) atoms. The van der Waals surface area contributed by atoms with Crippen LogP contribution in [0.2, 0.25) is 0 Å². The van der Waals surface area contributed by atoms with E-state index in [0.29, 0.717) is 6.42 Å². The van der Waals surface area contributed by atoms with Gasteiger partial charge < -0.3 is 14.8 Å². The lowest BCUT2D eigenvalue weighted by Gasteiger charge is -2.08. The predicted molar refractivity (Wildman–Crippen MR) is 57.0 cm³/mol. The maximum absolute atomic E-state index is 11.3. The number of carboxylic acids is 1. The Morgan fingerprint density at radius 1 is 1.50 bits per heavy atom. The maximum atomic E-state index is 11.3. The lowest BCUT2D eigenvalue weighted by Crippen LogP contribution is -2.38. The van der Waals surface area contributed by atoms with Gasteiger partial charge in [0.25, 0.3) is 0 Å².